The van der Waals surface area contributed by atoms with Crippen molar-refractivity contribution in [1.29, 1.82) is 0 Å². The lowest BCUT2D eigenvalue weighted by Gasteiger charge is -2.23. The van der Waals surface area contributed by atoms with E-state index in [0.29, 0.717) is 11.8 Å². The highest BCUT2D eigenvalue weighted by atomic mass is 16.3. The van der Waals surface area contributed by atoms with Crippen LogP contribution in [0.5, 0.6) is 0 Å². The summed E-state index contributed by atoms with van der Waals surface area (Å²) in [6.45, 7) is 0. The molecule has 0 amide bonds. The average Bonchev–Trinajstić information content (AvgIpc) is 2.21. The smallest absolute Gasteiger partial charge is 0.0784 e. The van der Waals surface area contributed by atoms with Crippen molar-refractivity contribution >= 4 is 0 Å². The molecule has 1 nitrogen and oxygen atoms in total. The second-order valence-corrected chi connectivity index (χ2v) is 3.21. The van der Waals surface area contributed by atoms with Crippen LogP contribution >= 0.6 is 0 Å². The molecule has 2 aliphatic rings. The van der Waals surface area contributed by atoms with Gasteiger partial charge in [0.05, 0.1) is 6.10 Å². The summed E-state index contributed by atoms with van der Waals surface area (Å²) in [6.07, 6.45) is 13.1. The van der Waals surface area contributed by atoms with E-state index in [1.54, 1.807) is 0 Å². The zero-order valence-electron chi connectivity index (χ0n) is 6.35. The maximum absolute atomic E-state index is 9.48. The van der Waals surface area contributed by atoms with Gasteiger partial charge in [0, 0.05) is 5.92 Å². The molecule has 0 radical (unpaired) electrons. The first kappa shape index (κ1) is 6.86. The predicted molar refractivity (Wildman–Crippen MR) is 45.0 cm³/mol. The summed E-state index contributed by atoms with van der Waals surface area (Å²) in [4.78, 5) is 0. The van der Waals surface area contributed by atoms with Crippen LogP contribution in [0.1, 0.15) is 6.42 Å². The Labute approximate surface area is 66.7 Å². The lowest BCUT2D eigenvalue weighted by molar-refractivity contribution is 0.160. The first-order chi connectivity index (χ1) is 5.36. The maximum Gasteiger partial charge on any atom is 0.0784 e. The Hall–Kier alpha value is -0.820. The van der Waals surface area contributed by atoms with E-state index in [4.69, 9.17) is 0 Å². The molecular weight excluding hydrogens is 136 g/mol. The molecule has 0 aromatic heterocycles. The van der Waals surface area contributed by atoms with Gasteiger partial charge in [-0.2, -0.15) is 0 Å². The number of hydrogen-bond acceptors (Lipinski definition) is 1. The molecule has 0 saturated heterocycles. The second-order valence-electron chi connectivity index (χ2n) is 3.21. The Morgan fingerprint density at radius 1 is 1.00 bits per heavy atom. The summed E-state index contributed by atoms with van der Waals surface area (Å²) in [5.41, 5.74) is 0. The third-order valence-electron chi connectivity index (χ3n) is 2.37. The third-order valence-corrected chi connectivity index (χ3v) is 2.37. The van der Waals surface area contributed by atoms with Crippen LogP contribution in [0, 0.1) is 11.8 Å². The molecule has 11 heavy (non-hydrogen) atoms. The molecule has 0 fully saturated rings. The number of fused-ring (bicyclic) bond motifs is 2. The first-order valence-electron chi connectivity index (χ1n) is 4.07. The number of aliphatic hydroxyl groups is 1. The fourth-order valence-electron chi connectivity index (χ4n) is 1.68. The predicted octanol–water partition coefficient (Wildman–Crippen LogP) is 1.67. The van der Waals surface area contributed by atoms with Gasteiger partial charge in [-0.15, -0.1) is 0 Å². The largest absolute Gasteiger partial charge is 0.388 e. The van der Waals surface area contributed by atoms with Gasteiger partial charge in [-0.25, -0.2) is 0 Å². The standard InChI is InChI=1S/C10H12O/c11-10-6-5-8-3-1-2-4-9(10)7-8/h1-6,8-11H,7H2/t8-,9-,10-/m1/s1. The number of aliphatic hydroxyl groups excluding tert-OH is 1. The Morgan fingerprint density at radius 2 is 1.82 bits per heavy atom. The van der Waals surface area contributed by atoms with E-state index >= 15 is 0 Å². The van der Waals surface area contributed by atoms with Crippen LogP contribution in [0.2, 0.25) is 0 Å². The first-order valence-corrected chi connectivity index (χ1v) is 4.07. The molecule has 1 heteroatoms. The Kier molecular flexibility index (Phi) is 1.66. The summed E-state index contributed by atoms with van der Waals surface area (Å²) in [6, 6.07) is 0. The fourth-order valence-corrected chi connectivity index (χ4v) is 1.68. The summed E-state index contributed by atoms with van der Waals surface area (Å²) in [5.74, 6) is 0.874. The van der Waals surface area contributed by atoms with E-state index in [1.807, 2.05) is 12.2 Å². The minimum absolute atomic E-state index is 0.262. The van der Waals surface area contributed by atoms with Crippen molar-refractivity contribution < 1.29 is 5.11 Å². The van der Waals surface area contributed by atoms with Gasteiger partial charge in [0.15, 0.2) is 0 Å². The van der Waals surface area contributed by atoms with E-state index in [9.17, 15) is 5.11 Å². The van der Waals surface area contributed by atoms with Crippen molar-refractivity contribution in [2.75, 3.05) is 0 Å². The molecule has 2 aliphatic carbocycles. The van der Waals surface area contributed by atoms with Gasteiger partial charge in [0.2, 0.25) is 0 Å². The molecule has 1 N–H and O–H groups in total. The highest BCUT2D eigenvalue weighted by Crippen LogP contribution is 2.27. The zero-order chi connectivity index (χ0) is 7.68. The number of rotatable bonds is 0. The Bertz CT molecular complexity index is 225. The van der Waals surface area contributed by atoms with Crippen LogP contribution in [0.4, 0.5) is 0 Å². The average molecular weight is 148 g/mol. The highest BCUT2D eigenvalue weighted by molar-refractivity contribution is 5.19. The van der Waals surface area contributed by atoms with Gasteiger partial charge < -0.3 is 5.11 Å². The molecule has 0 aromatic rings. The van der Waals surface area contributed by atoms with Gasteiger partial charge >= 0.3 is 0 Å². The monoisotopic (exact) mass is 148 g/mol. The van der Waals surface area contributed by atoms with Crippen molar-refractivity contribution in [3.05, 3.63) is 36.5 Å². The molecular formula is C10H12O. The van der Waals surface area contributed by atoms with E-state index in [2.05, 4.69) is 24.3 Å². The van der Waals surface area contributed by atoms with Gasteiger partial charge in [-0.3, -0.25) is 0 Å². The minimum atomic E-state index is -0.262. The lowest BCUT2D eigenvalue weighted by atomic mass is 9.86. The highest BCUT2D eigenvalue weighted by Gasteiger charge is 2.21. The number of hydrogen-bond donors (Lipinski definition) is 1. The molecule has 0 unspecified atom stereocenters. The van der Waals surface area contributed by atoms with Crippen LogP contribution in [0.25, 0.3) is 0 Å². The summed E-state index contributed by atoms with van der Waals surface area (Å²) >= 11 is 0. The van der Waals surface area contributed by atoms with Crippen LogP contribution in [0.3, 0.4) is 0 Å². The quantitative estimate of drug-likeness (QED) is 0.518. The van der Waals surface area contributed by atoms with Crippen LogP contribution < -0.4 is 0 Å². The molecule has 0 saturated carbocycles. The lowest BCUT2D eigenvalue weighted by Crippen LogP contribution is -2.21. The van der Waals surface area contributed by atoms with Crippen LogP contribution in [-0.4, -0.2) is 11.2 Å². The summed E-state index contributed by atoms with van der Waals surface area (Å²) in [5, 5.41) is 9.48. The minimum Gasteiger partial charge on any atom is -0.388 e. The second kappa shape index (κ2) is 2.67. The van der Waals surface area contributed by atoms with Crippen molar-refractivity contribution in [1.82, 2.24) is 0 Å². The Balaban J connectivity index is 2.27. The maximum atomic E-state index is 9.48. The fraction of sp³-hybridized carbons (Fsp3) is 0.400. The van der Waals surface area contributed by atoms with E-state index in [-0.39, 0.29) is 6.10 Å². The van der Waals surface area contributed by atoms with Crippen molar-refractivity contribution in [2.45, 2.75) is 12.5 Å². The van der Waals surface area contributed by atoms with Crippen LogP contribution in [-0.2, 0) is 0 Å². The van der Waals surface area contributed by atoms with Gasteiger partial charge in [0.25, 0.3) is 0 Å². The van der Waals surface area contributed by atoms with Gasteiger partial charge in [0.1, 0.15) is 0 Å². The molecule has 0 spiro atoms. The van der Waals surface area contributed by atoms with E-state index < -0.39 is 0 Å². The van der Waals surface area contributed by atoms with Crippen LogP contribution in [0.15, 0.2) is 36.5 Å². The van der Waals surface area contributed by atoms with Crippen molar-refractivity contribution in [3.8, 4) is 0 Å². The summed E-state index contributed by atoms with van der Waals surface area (Å²) < 4.78 is 0. The third kappa shape index (κ3) is 1.29. The topological polar surface area (TPSA) is 20.2 Å². The summed E-state index contributed by atoms with van der Waals surface area (Å²) in [7, 11) is 0. The molecule has 2 bridgehead atoms. The van der Waals surface area contributed by atoms with E-state index in [0.717, 1.165) is 6.42 Å². The SMILES string of the molecule is O[C@@H]1C=C[C@H]2C=CC=C[C@@H]1C2. The zero-order valence-corrected chi connectivity index (χ0v) is 6.35. The van der Waals surface area contributed by atoms with Crippen molar-refractivity contribution in [3.63, 3.8) is 0 Å². The molecule has 0 aromatic carbocycles. The molecule has 2 rings (SSSR count). The Morgan fingerprint density at radius 3 is 2.73 bits per heavy atom. The number of allylic oxidation sites excluding steroid dienone is 4. The van der Waals surface area contributed by atoms with Gasteiger partial charge in [-0.05, 0) is 12.3 Å². The van der Waals surface area contributed by atoms with E-state index in [1.165, 1.54) is 0 Å². The molecule has 0 aliphatic heterocycles. The van der Waals surface area contributed by atoms with Crippen molar-refractivity contribution in [2.24, 2.45) is 11.8 Å². The molecule has 0 heterocycles. The molecule has 3 atom stereocenters. The van der Waals surface area contributed by atoms with Gasteiger partial charge in [-0.1, -0.05) is 36.5 Å². The normalized spacial score (nSPS) is 40.6. The molecule has 58 valence electrons.